The highest BCUT2D eigenvalue weighted by Crippen LogP contribution is 2.28. The molecule has 0 aliphatic heterocycles. The van der Waals surface area contributed by atoms with Crippen LogP contribution in [0, 0.1) is 0 Å². The van der Waals surface area contributed by atoms with Crippen LogP contribution in [0.2, 0.25) is 0 Å². The first-order valence-corrected chi connectivity index (χ1v) is 6.76. The number of nitrogens with one attached hydrogen (secondary N) is 1. The van der Waals surface area contributed by atoms with E-state index in [9.17, 15) is 18.0 Å². The van der Waals surface area contributed by atoms with Gasteiger partial charge in [0.1, 0.15) is 5.69 Å². The highest BCUT2D eigenvalue weighted by molar-refractivity contribution is 5.59. The fourth-order valence-electron chi connectivity index (χ4n) is 1.99. The number of nitrogens with zero attached hydrogens (tertiary/aromatic N) is 3. The number of imidazole rings is 1. The van der Waals surface area contributed by atoms with Gasteiger partial charge in [-0.2, -0.15) is 13.2 Å². The van der Waals surface area contributed by atoms with E-state index in [1.807, 2.05) is 6.92 Å². The molecule has 0 fully saturated rings. The summed E-state index contributed by atoms with van der Waals surface area (Å²) in [6.45, 7) is 5.73. The van der Waals surface area contributed by atoms with E-state index < -0.39 is 11.9 Å². The van der Waals surface area contributed by atoms with Crippen LogP contribution in [0.1, 0.15) is 19.0 Å². The predicted molar refractivity (Wildman–Crippen MR) is 79.1 cm³/mol. The van der Waals surface area contributed by atoms with Crippen LogP contribution in [0.5, 0.6) is 0 Å². The lowest BCUT2D eigenvalue weighted by atomic mass is 10.2. The molecule has 2 heterocycles. The second-order valence-electron chi connectivity index (χ2n) is 5.05. The van der Waals surface area contributed by atoms with Crippen molar-refractivity contribution < 1.29 is 18.0 Å². The molecule has 1 N–H and O–H groups in total. The molecule has 0 saturated heterocycles. The van der Waals surface area contributed by atoms with E-state index in [1.165, 1.54) is 12.4 Å². The maximum atomic E-state index is 12.5. The van der Waals surface area contributed by atoms with Crippen molar-refractivity contribution in [2.45, 2.75) is 25.6 Å². The summed E-state index contributed by atoms with van der Waals surface area (Å²) in [6.07, 6.45) is 0.969. The molecule has 8 heteroatoms. The largest absolute Gasteiger partial charge is 0.433 e. The fraction of sp³-hybridized carbons (Fsp3) is 0.267. The predicted octanol–water partition coefficient (Wildman–Crippen LogP) is 2.96. The van der Waals surface area contributed by atoms with Gasteiger partial charge >= 0.3 is 6.18 Å². The van der Waals surface area contributed by atoms with Crippen molar-refractivity contribution in [3.05, 3.63) is 43.1 Å². The van der Waals surface area contributed by atoms with Gasteiger partial charge < -0.3 is 9.88 Å². The molecule has 2 aromatic rings. The van der Waals surface area contributed by atoms with E-state index in [1.54, 1.807) is 10.8 Å². The second kappa shape index (κ2) is 6.64. The van der Waals surface area contributed by atoms with E-state index in [0.29, 0.717) is 29.8 Å². The van der Waals surface area contributed by atoms with Crippen molar-refractivity contribution in [1.82, 2.24) is 19.9 Å². The van der Waals surface area contributed by atoms with Crippen LogP contribution in [0.15, 0.2) is 37.4 Å². The van der Waals surface area contributed by atoms with Crippen molar-refractivity contribution in [3.8, 4) is 11.3 Å². The average Bonchev–Trinajstić information content (AvgIpc) is 2.96. The van der Waals surface area contributed by atoms with E-state index in [2.05, 4.69) is 21.9 Å². The summed E-state index contributed by atoms with van der Waals surface area (Å²) < 4.78 is 39.1. The molecule has 1 unspecified atom stereocenters. The smallest absolute Gasteiger partial charge is 0.356 e. The zero-order valence-corrected chi connectivity index (χ0v) is 12.3. The highest BCUT2D eigenvalue weighted by atomic mass is 19.4. The molecule has 0 aliphatic rings. The Morgan fingerprint density at radius 2 is 2.17 bits per heavy atom. The van der Waals surface area contributed by atoms with Crippen LogP contribution in [0.4, 0.5) is 13.2 Å². The first-order valence-electron chi connectivity index (χ1n) is 6.76. The molecule has 0 radical (unpaired) electrons. The summed E-state index contributed by atoms with van der Waals surface area (Å²) >= 11 is 0. The molecule has 122 valence electrons. The van der Waals surface area contributed by atoms with Gasteiger partial charge in [0.05, 0.1) is 12.0 Å². The monoisotopic (exact) mass is 324 g/mol. The van der Waals surface area contributed by atoms with Gasteiger partial charge in [-0.05, 0) is 19.1 Å². The normalized spacial score (nSPS) is 12.7. The zero-order chi connectivity index (χ0) is 17.0. The first-order chi connectivity index (χ1) is 10.8. The third kappa shape index (κ3) is 4.18. The van der Waals surface area contributed by atoms with Crippen molar-refractivity contribution in [1.29, 1.82) is 0 Å². The molecule has 0 aromatic carbocycles. The maximum Gasteiger partial charge on any atom is 0.433 e. The fourth-order valence-corrected chi connectivity index (χ4v) is 1.99. The summed E-state index contributed by atoms with van der Waals surface area (Å²) in [6, 6.07) is 2.15. The van der Waals surface area contributed by atoms with Crippen LogP contribution in [0.25, 0.3) is 17.0 Å². The molecule has 23 heavy (non-hydrogen) atoms. The Hall–Kier alpha value is -2.64. The molecule has 0 spiro atoms. The number of hydrogen-bond acceptors (Lipinski definition) is 3. The van der Waals surface area contributed by atoms with E-state index in [0.717, 1.165) is 12.3 Å². The lowest BCUT2D eigenvalue weighted by Crippen LogP contribution is -2.24. The van der Waals surface area contributed by atoms with Crippen LogP contribution < -0.4 is 5.32 Å². The Morgan fingerprint density at radius 1 is 1.43 bits per heavy atom. The molecule has 1 amide bonds. The Morgan fingerprint density at radius 3 is 2.74 bits per heavy atom. The quantitative estimate of drug-likeness (QED) is 0.831. The van der Waals surface area contributed by atoms with Gasteiger partial charge in [-0.3, -0.25) is 9.78 Å². The Bertz CT molecular complexity index is 691. The Balaban J connectivity index is 2.12. The molecule has 5 nitrogen and oxygen atoms in total. The third-order valence-corrected chi connectivity index (χ3v) is 3.19. The molecule has 0 saturated carbocycles. The molecule has 2 rings (SSSR count). The van der Waals surface area contributed by atoms with Crippen molar-refractivity contribution in [2.24, 2.45) is 0 Å². The molecule has 2 aromatic heterocycles. The van der Waals surface area contributed by atoms with Crippen LogP contribution in [-0.4, -0.2) is 27.0 Å². The number of rotatable bonds is 6. The number of aromatic nitrogens is 3. The number of halogens is 3. The van der Waals surface area contributed by atoms with Crippen LogP contribution in [-0.2, 0) is 11.0 Å². The van der Waals surface area contributed by atoms with Crippen LogP contribution in [0.3, 0.4) is 0 Å². The summed E-state index contributed by atoms with van der Waals surface area (Å²) in [7, 11) is 0. The van der Waals surface area contributed by atoms with E-state index in [4.69, 9.17) is 0 Å². The van der Waals surface area contributed by atoms with Gasteiger partial charge in [0.15, 0.2) is 0 Å². The molecular weight excluding hydrogens is 309 g/mol. The standard InChI is InChI=1S/C15H15F3N4O/c1-10(21-9-23)5-11(2)22-7-13(20-8-22)12-3-4-14(19-6-12)15(16,17)18/h3-4,6-10H,2,5H2,1H3,(H,21,23). The molecule has 0 bridgehead atoms. The second-order valence-corrected chi connectivity index (χ2v) is 5.05. The van der Waals surface area contributed by atoms with Crippen molar-refractivity contribution in [3.63, 3.8) is 0 Å². The molecule has 0 aliphatic carbocycles. The van der Waals surface area contributed by atoms with Gasteiger partial charge in [-0.15, -0.1) is 0 Å². The van der Waals surface area contributed by atoms with E-state index in [-0.39, 0.29) is 6.04 Å². The Kier molecular flexibility index (Phi) is 4.83. The minimum Gasteiger partial charge on any atom is -0.356 e. The Labute approximate surface area is 130 Å². The van der Waals surface area contributed by atoms with Gasteiger partial charge in [-0.1, -0.05) is 6.58 Å². The number of pyridine rings is 1. The van der Waals surface area contributed by atoms with Crippen molar-refractivity contribution >= 4 is 12.1 Å². The van der Waals surface area contributed by atoms with Crippen LogP contribution >= 0.6 is 0 Å². The summed E-state index contributed by atoms with van der Waals surface area (Å²) in [5.74, 6) is 0. The first kappa shape index (κ1) is 16.7. The van der Waals surface area contributed by atoms with Gasteiger partial charge in [-0.25, -0.2) is 4.98 Å². The topological polar surface area (TPSA) is 59.8 Å². The molecular formula is C15H15F3N4O. The summed E-state index contributed by atoms with van der Waals surface area (Å²) in [5.41, 5.74) is 0.719. The number of hydrogen-bond donors (Lipinski definition) is 1. The van der Waals surface area contributed by atoms with Gasteiger partial charge in [0.2, 0.25) is 6.41 Å². The zero-order valence-electron chi connectivity index (χ0n) is 12.3. The lowest BCUT2D eigenvalue weighted by Gasteiger charge is -2.12. The maximum absolute atomic E-state index is 12.5. The average molecular weight is 324 g/mol. The van der Waals surface area contributed by atoms with E-state index >= 15 is 0 Å². The lowest BCUT2D eigenvalue weighted by molar-refractivity contribution is -0.141. The number of alkyl halides is 3. The molecule has 1 atom stereocenters. The summed E-state index contributed by atoms with van der Waals surface area (Å²) in [4.78, 5) is 17.9. The van der Waals surface area contributed by atoms with Gasteiger partial charge in [0, 0.05) is 36.1 Å². The van der Waals surface area contributed by atoms with Gasteiger partial charge in [0.25, 0.3) is 0 Å². The minimum atomic E-state index is -4.46. The number of carbonyl (C=O) groups excluding carboxylic acids is 1. The SMILES string of the molecule is C=C(CC(C)NC=O)n1cnc(-c2ccc(C(F)(F)F)nc2)c1. The minimum absolute atomic E-state index is 0.0846. The van der Waals surface area contributed by atoms with Crippen molar-refractivity contribution in [2.75, 3.05) is 0 Å². The highest BCUT2D eigenvalue weighted by Gasteiger charge is 2.32. The number of amides is 1. The summed E-state index contributed by atoms with van der Waals surface area (Å²) in [5, 5.41) is 2.61. The number of carbonyl (C=O) groups is 1. The third-order valence-electron chi connectivity index (χ3n) is 3.19.